The first kappa shape index (κ1) is 31.7. The highest BCUT2D eigenvalue weighted by atomic mass is 127. The summed E-state index contributed by atoms with van der Waals surface area (Å²) >= 11 is 2.69. The lowest BCUT2D eigenvalue weighted by Gasteiger charge is -2.57. The first-order valence-electron chi connectivity index (χ1n) is 18.8. The fourth-order valence-electron chi connectivity index (χ4n) is 14.1. The van der Waals surface area contributed by atoms with E-state index in [4.69, 9.17) is 0 Å². The van der Waals surface area contributed by atoms with Gasteiger partial charge in [0.15, 0.2) is 0 Å². The van der Waals surface area contributed by atoms with E-state index in [0.717, 1.165) is 35.0 Å². The molecule has 2 bridgehead atoms. The number of alkyl halides is 1. The van der Waals surface area contributed by atoms with Gasteiger partial charge < -0.3 is 0 Å². The molecule has 236 valence electrons. The third kappa shape index (κ3) is 6.95. The summed E-state index contributed by atoms with van der Waals surface area (Å²) in [6, 6.07) is 0. The zero-order chi connectivity index (χ0) is 29.2. The Bertz CT molecular complexity index is 884. The molecule has 6 rings (SSSR count). The van der Waals surface area contributed by atoms with Gasteiger partial charge >= 0.3 is 0 Å². The second-order valence-corrected chi connectivity index (χ2v) is 21.1. The van der Waals surface area contributed by atoms with Crippen LogP contribution in [-0.4, -0.2) is 4.43 Å². The molecule has 41 heavy (non-hydrogen) atoms. The van der Waals surface area contributed by atoms with Crippen LogP contribution < -0.4 is 0 Å². The summed E-state index contributed by atoms with van der Waals surface area (Å²) in [6.07, 6.45) is 33.9. The van der Waals surface area contributed by atoms with Crippen molar-refractivity contribution in [2.45, 2.75) is 183 Å². The van der Waals surface area contributed by atoms with E-state index in [1.54, 1.807) is 77.0 Å². The maximum atomic E-state index is 2.78. The van der Waals surface area contributed by atoms with Crippen molar-refractivity contribution < 1.29 is 0 Å². The molecular formula is C40H69I. The van der Waals surface area contributed by atoms with Crippen LogP contribution in [-0.2, 0) is 0 Å². The maximum absolute atomic E-state index is 2.78. The summed E-state index contributed by atoms with van der Waals surface area (Å²) in [6.45, 7) is 15.9. The normalized spacial score (nSPS) is 49.7. The van der Waals surface area contributed by atoms with E-state index in [2.05, 4.69) is 64.1 Å². The SMILES string of the molecule is CC1CCC2(CC1)CC(C)(C)CC(C)(CCC1CCC3(CCCC(C4(C)CC5CC(CC(C)(CI)C5)C4)C3)CC1)C2. The van der Waals surface area contributed by atoms with Crippen LogP contribution in [0.1, 0.15) is 183 Å². The fraction of sp³-hybridized carbons (Fsp3) is 1.00. The Hall–Kier alpha value is 0.730. The topological polar surface area (TPSA) is 0 Å². The van der Waals surface area contributed by atoms with Crippen LogP contribution >= 0.6 is 22.6 Å². The Balaban J connectivity index is 1.03. The molecule has 4 atom stereocenters. The van der Waals surface area contributed by atoms with Crippen molar-refractivity contribution >= 4 is 22.6 Å². The second kappa shape index (κ2) is 11.5. The fourth-order valence-corrected chi connectivity index (χ4v) is 14.7. The average Bonchev–Trinajstić information content (AvgIpc) is 2.89. The minimum Gasteiger partial charge on any atom is -0.0858 e. The van der Waals surface area contributed by atoms with E-state index >= 15 is 0 Å². The molecule has 6 aliphatic rings. The molecule has 0 aromatic carbocycles. The van der Waals surface area contributed by atoms with Crippen LogP contribution in [0, 0.1) is 62.1 Å². The molecule has 0 N–H and O–H groups in total. The van der Waals surface area contributed by atoms with Gasteiger partial charge in [0.05, 0.1) is 0 Å². The molecule has 0 aromatic rings. The zero-order valence-corrected chi connectivity index (χ0v) is 30.7. The lowest BCUT2D eigenvalue weighted by Crippen LogP contribution is -2.46. The molecule has 4 unspecified atom stereocenters. The predicted octanol–water partition coefficient (Wildman–Crippen LogP) is 13.2. The molecule has 6 aliphatic carbocycles. The minimum absolute atomic E-state index is 0.545. The molecular weight excluding hydrogens is 607 g/mol. The van der Waals surface area contributed by atoms with Gasteiger partial charge in [-0.15, -0.1) is 0 Å². The molecule has 0 radical (unpaired) electrons. The lowest BCUT2D eigenvalue weighted by molar-refractivity contribution is -0.0579. The monoisotopic (exact) mass is 676 g/mol. The van der Waals surface area contributed by atoms with Crippen LogP contribution in [0.2, 0.25) is 0 Å². The van der Waals surface area contributed by atoms with Crippen molar-refractivity contribution in [2.24, 2.45) is 62.1 Å². The van der Waals surface area contributed by atoms with Gasteiger partial charge in [-0.1, -0.05) is 83.4 Å². The Morgan fingerprint density at radius 2 is 1.27 bits per heavy atom. The highest BCUT2D eigenvalue weighted by Crippen LogP contribution is 2.64. The smallest absolute Gasteiger partial charge is 0.00495 e. The Morgan fingerprint density at radius 1 is 0.634 bits per heavy atom. The summed E-state index contributed by atoms with van der Waals surface area (Å²) in [7, 11) is 0. The highest BCUT2D eigenvalue weighted by Gasteiger charge is 2.52. The van der Waals surface area contributed by atoms with Crippen LogP contribution in [0.3, 0.4) is 0 Å². The van der Waals surface area contributed by atoms with Crippen molar-refractivity contribution in [3.05, 3.63) is 0 Å². The van der Waals surface area contributed by atoms with E-state index in [9.17, 15) is 0 Å². The molecule has 0 heterocycles. The van der Waals surface area contributed by atoms with Gasteiger partial charge in [0.25, 0.3) is 0 Å². The largest absolute Gasteiger partial charge is 0.0858 e. The van der Waals surface area contributed by atoms with Crippen molar-refractivity contribution in [1.29, 1.82) is 0 Å². The summed E-state index contributed by atoms with van der Waals surface area (Å²) in [5, 5.41) is 0. The van der Waals surface area contributed by atoms with E-state index in [-0.39, 0.29) is 0 Å². The number of halogens is 1. The molecule has 1 heteroatoms. The average molecular weight is 677 g/mol. The molecule has 0 saturated heterocycles. The second-order valence-electron chi connectivity index (χ2n) is 20.3. The zero-order valence-electron chi connectivity index (χ0n) is 28.5. The van der Waals surface area contributed by atoms with Crippen LogP contribution in [0.5, 0.6) is 0 Å². The van der Waals surface area contributed by atoms with Crippen molar-refractivity contribution in [2.75, 3.05) is 4.43 Å². The van der Waals surface area contributed by atoms with Gasteiger partial charge in [-0.05, 0) is 184 Å². The van der Waals surface area contributed by atoms with E-state index in [1.807, 2.05) is 0 Å². The maximum Gasteiger partial charge on any atom is 0.00495 e. The van der Waals surface area contributed by atoms with Gasteiger partial charge in [-0.3, -0.25) is 0 Å². The lowest BCUT2D eigenvalue weighted by atomic mass is 9.48. The van der Waals surface area contributed by atoms with E-state index in [1.165, 1.54) is 68.6 Å². The molecule has 0 aliphatic heterocycles. The third-order valence-electron chi connectivity index (χ3n) is 15.2. The summed E-state index contributed by atoms with van der Waals surface area (Å²) in [4.78, 5) is 0. The van der Waals surface area contributed by atoms with E-state index in [0.29, 0.717) is 27.1 Å². The van der Waals surface area contributed by atoms with Crippen molar-refractivity contribution in [1.82, 2.24) is 0 Å². The Kier molecular flexibility index (Phi) is 8.90. The van der Waals surface area contributed by atoms with Gasteiger partial charge in [0, 0.05) is 4.43 Å². The molecule has 0 amide bonds. The van der Waals surface area contributed by atoms with Crippen LogP contribution in [0.15, 0.2) is 0 Å². The standard InChI is InChI=1S/C40H69I/c1-30-9-16-40(17-10-30)27-35(2,3)26-36(4,28-40)15-11-31-12-18-39(19-13-31)14-7-8-34(25-39)38(6)23-32-20-33(24-38)22-37(5,21-32)29-41/h30-34H,7-29H2,1-6H3. The number of hydrogen-bond acceptors (Lipinski definition) is 0. The molecule has 0 aromatic heterocycles. The van der Waals surface area contributed by atoms with Crippen LogP contribution in [0.25, 0.3) is 0 Å². The van der Waals surface area contributed by atoms with E-state index < -0.39 is 0 Å². The van der Waals surface area contributed by atoms with Crippen molar-refractivity contribution in [3.8, 4) is 0 Å². The minimum atomic E-state index is 0.545. The summed E-state index contributed by atoms with van der Waals surface area (Å²) < 4.78 is 1.37. The van der Waals surface area contributed by atoms with Crippen LogP contribution in [0.4, 0.5) is 0 Å². The highest BCUT2D eigenvalue weighted by molar-refractivity contribution is 14.1. The summed E-state index contributed by atoms with van der Waals surface area (Å²) in [5.41, 5.74) is 3.84. The van der Waals surface area contributed by atoms with Gasteiger partial charge in [-0.2, -0.15) is 0 Å². The number of rotatable bonds is 5. The summed E-state index contributed by atoms with van der Waals surface area (Å²) in [5.74, 6) is 5.09. The first-order valence-corrected chi connectivity index (χ1v) is 20.3. The quantitative estimate of drug-likeness (QED) is 0.201. The van der Waals surface area contributed by atoms with Gasteiger partial charge in [0.2, 0.25) is 0 Å². The van der Waals surface area contributed by atoms with Crippen molar-refractivity contribution in [3.63, 3.8) is 0 Å². The first-order chi connectivity index (χ1) is 19.2. The third-order valence-corrected chi connectivity index (χ3v) is 17.0. The number of fused-ring (bicyclic) bond motifs is 2. The van der Waals surface area contributed by atoms with Gasteiger partial charge in [-0.25, -0.2) is 0 Å². The predicted molar refractivity (Wildman–Crippen MR) is 187 cm³/mol. The number of hydrogen-bond donors (Lipinski definition) is 0. The van der Waals surface area contributed by atoms with Gasteiger partial charge in [0.1, 0.15) is 0 Å². The Labute approximate surface area is 270 Å². The molecule has 6 fully saturated rings. The Morgan fingerprint density at radius 3 is 1.90 bits per heavy atom. The molecule has 0 nitrogen and oxygen atoms in total. The molecule has 6 saturated carbocycles. The molecule has 2 spiro atoms.